The molecule has 0 saturated carbocycles. The number of hydrogen-bond acceptors (Lipinski definition) is 3. The summed E-state index contributed by atoms with van der Waals surface area (Å²) in [5, 5.41) is 3.11. The number of halogens is 3. The molecule has 2 aromatic carbocycles. The second-order valence-electron chi connectivity index (χ2n) is 7.26. The highest BCUT2D eigenvalue weighted by Gasteiger charge is 2.30. The molecule has 1 saturated heterocycles. The van der Waals surface area contributed by atoms with Crippen LogP contribution in [0, 0.1) is 0 Å². The number of amides is 1. The van der Waals surface area contributed by atoms with E-state index in [0.29, 0.717) is 24.5 Å². The van der Waals surface area contributed by atoms with Crippen molar-refractivity contribution in [3.05, 3.63) is 59.7 Å². The zero-order chi connectivity index (χ0) is 21.7. The van der Waals surface area contributed by atoms with Crippen molar-refractivity contribution in [2.24, 2.45) is 0 Å². The molecule has 0 aromatic heterocycles. The van der Waals surface area contributed by atoms with E-state index in [1.165, 1.54) is 12.1 Å². The van der Waals surface area contributed by atoms with Crippen LogP contribution in [-0.4, -0.2) is 42.5 Å². The maximum absolute atomic E-state index is 12.7. The second kappa shape index (κ2) is 9.47. The Balaban J connectivity index is 1.59. The number of rotatable bonds is 6. The Bertz CT molecular complexity index is 878. The van der Waals surface area contributed by atoms with Gasteiger partial charge in [-0.05, 0) is 42.7 Å². The number of hydrogen-bond donors (Lipinski definition) is 1. The van der Waals surface area contributed by atoms with Crippen LogP contribution in [0.1, 0.15) is 24.0 Å². The molecule has 0 spiro atoms. The number of nitrogens with one attached hydrogen (secondary N) is 1. The van der Waals surface area contributed by atoms with Crippen LogP contribution in [0.2, 0.25) is 0 Å². The molecule has 8 heteroatoms. The Hall–Kier alpha value is -2.61. The Morgan fingerprint density at radius 3 is 2.37 bits per heavy atom. The molecular weight excluding hydrogens is 411 g/mol. The van der Waals surface area contributed by atoms with E-state index in [2.05, 4.69) is 10.2 Å². The van der Waals surface area contributed by atoms with Gasteiger partial charge in [-0.15, -0.1) is 0 Å². The molecule has 0 radical (unpaired) electrons. The van der Waals surface area contributed by atoms with Crippen molar-refractivity contribution in [2.75, 3.05) is 30.4 Å². The monoisotopic (exact) mass is 435 g/mol. The summed E-state index contributed by atoms with van der Waals surface area (Å²) in [6, 6.07) is 12.9. The number of carbonyl (C=O) groups is 1. The standard InChI is InChI=1S/C22H24F3N3OS/c1-26-19-4-2-3-5-20(19)28(15-29)18-10-12-27(13-11-18)21(30)14-16-6-8-17(9-7-16)22(23,24)25/h2-9,15,18,26H,10-14H2,1H3. The molecule has 1 aliphatic heterocycles. The van der Waals surface area contributed by atoms with Gasteiger partial charge in [-0.3, -0.25) is 4.79 Å². The summed E-state index contributed by atoms with van der Waals surface area (Å²) in [4.78, 5) is 16.4. The predicted molar refractivity (Wildman–Crippen MR) is 117 cm³/mol. The summed E-state index contributed by atoms with van der Waals surface area (Å²) in [6.45, 7) is 1.41. The largest absolute Gasteiger partial charge is 0.416 e. The van der Waals surface area contributed by atoms with Crippen LogP contribution in [0.5, 0.6) is 0 Å². The number of anilines is 2. The van der Waals surface area contributed by atoms with Gasteiger partial charge in [0.1, 0.15) is 0 Å². The van der Waals surface area contributed by atoms with Crippen LogP contribution in [0.3, 0.4) is 0 Å². The highest BCUT2D eigenvalue weighted by atomic mass is 32.1. The Labute approximate surface area is 179 Å². The molecule has 2 aromatic rings. The van der Waals surface area contributed by atoms with E-state index in [1.54, 1.807) is 4.90 Å². The molecule has 0 bridgehead atoms. The molecule has 0 unspecified atom stereocenters. The number of benzene rings is 2. The number of para-hydroxylation sites is 2. The van der Waals surface area contributed by atoms with E-state index in [0.717, 1.165) is 48.3 Å². The number of likely N-dealkylation sites (tertiary alicyclic amines) is 1. The summed E-state index contributed by atoms with van der Waals surface area (Å²) >= 11 is 5.54. The fourth-order valence-corrected chi connectivity index (χ4v) is 4.09. The van der Waals surface area contributed by atoms with E-state index < -0.39 is 11.7 Å². The van der Waals surface area contributed by atoms with Gasteiger partial charge in [-0.25, -0.2) is 0 Å². The fraction of sp³-hybridized carbons (Fsp3) is 0.364. The fourth-order valence-electron chi connectivity index (χ4n) is 3.74. The van der Waals surface area contributed by atoms with Gasteiger partial charge in [0.2, 0.25) is 6.41 Å². The minimum atomic E-state index is -4.34. The minimum absolute atomic E-state index is 0.0714. The highest BCUT2D eigenvalue weighted by molar-refractivity contribution is 7.80. The Kier molecular flexibility index (Phi) is 6.97. The molecular formula is C22H24F3N3OS. The first-order chi connectivity index (χ1) is 14.3. The Morgan fingerprint density at radius 2 is 1.80 bits per heavy atom. The van der Waals surface area contributed by atoms with Crippen LogP contribution < -0.4 is 10.2 Å². The third kappa shape index (κ3) is 5.11. The lowest BCUT2D eigenvalue weighted by Gasteiger charge is -2.38. The van der Waals surface area contributed by atoms with Gasteiger partial charge in [0, 0.05) is 32.6 Å². The number of nitrogens with zero attached hydrogens (tertiary/aromatic N) is 2. The Morgan fingerprint density at radius 1 is 1.17 bits per heavy atom. The molecule has 0 atom stereocenters. The smallest absolute Gasteiger partial charge is 0.386 e. The lowest BCUT2D eigenvalue weighted by atomic mass is 10.0. The summed E-state index contributed by atoms with van der Waals surface area (Å²) in [7, 11) is 1.82. The number of piperidine rings is 1. The molecule has 3 rings (SSSR count). The van der Waals surface area contributed by atoms with E-state index in [1.807, 2.05) is 31.3 Å². The zero-order valence-corrected chi connectivity index (χ0v) is 17.5. The molecule has 30 heavy (non-hydrogen) atoms. The second-order valence-corrected chi connectivity index (χ2v) is 7.73. The van der Waals surface area contributed by atoms with Crippen molar-refractivity contribution < 1.29 is 18.0 Å². The van der Waals surface area contributed by atoms with Crippen LogP contribution in [0.15, 0.2) is 48.5 Å². The van der Waals surface area contributed by atoms with E-state index in [4.69, 9.17) is 12.2 Å². The number of thiocarbonyl (C=S) groups is 1. The molecule has 160 valence electrons. The average molecular weight is 436 g/mol. The van der Waals surface area contributed by atoms with Gasteiger partial charge in [0.15, 0.2) is 0 Å². The maximum atomic E-state index is 12.7. The van der Waals surface area contributed by atoms with Crippen molar-refractivity contribution in [1.29, 1.82) is 0 Å². The summed E-state index contributed by atoms with van der Waals surface area (Å²) < 4.78 is 38.1. The molecule has 1 N–H and O–H groups in total. The van der Waals surface area contributed by atoms with Crippen molar-refractivity contribution in [1.82, 2.24) is 4.90 Å². The first-order valence-corrected chi connectivity index (χ1v) is 10.2. The summed E-state index contributed by atoms with van der Waals surface area (Å²) in [5.41, 5.74) is 1.84. The normalized spacial score (nSPS) is 15.0. The van der Waals surface area contributed by atoms with Gasteiger partial charge < -0.3 is 15.1 Å². The molecule has 0 aliphatic carbocycles. The quantitative estimate of drug-likeness (QED) is 0.525. The maximum Gasteiger partial charge on any atom is 0.416 e. The van der Waals surface area contributed by atoms with Gasteiger partial charge in [-0.1, -0.05) is 36.5 Å². The third-order valence-corrected chi connectivity index (χ3v) is 5.81. The summed E-state index contributed by atoms with van der Waals surface area (Å²) in [6.07, 6.45) is -1.50. The molecule has 4 nitrogen and oxygen atoms in total. The lowest BCUT2D eigenvalue weighted by Crippen LogP contribution is -2.46. The first-order valence-electron chi connectivity index (χ1n) is 9.78. The van der Waals surface area contributed by atoms with Crippen LogP contribution in [0.4, 0.5) is 24.5 Å². The van der Waals surface area contributed by atoms with Crippen LogP contribution in [-0.2, 0) is 17.4 Å². The van der Waals surface area contributed by atoms with Crippen molar-refractivity contribution in [3.8, 4) is 0 Å². The van der Waals surface area contributed by atoms with Crippen molar-refractivity contribution >= 4 is 35.0 Å². The zero-order valence-electron chi connectivity index (χ0n) is 16.7. The number of alkyl halides is 3. The number of carbonyl (C=O) groups excluding carboxylic acids is 1. The first kappa shape index (κ1) is 22.1. The van der Waals surface area contributed by atoms with Gasteiger partial charge >= 0.3 is 6.18 Å². The van der Waals surface area contributed by atoms with Crippen molar-refractivity contribution in [3.63, 3.8) is 0 Å². The minimum Gasteiger partial charge on any atom is -0.386 e. The van der Waals surface area contributed by atoms with Gasteiger partial charge in [0.05, 0.1) is 21.9 Å². The highest BCUT2D eigenvalue weighted by Crippen LogP contribution is 2.30. The molecule has 1 fully saturated rings. The lowest BCUT2D eigenvalue weighted by molar-refractivity contribution is -0.137. The van der Waals surface area contributed by atoms with Gasteiger partial charge in [0.25, 0.3) is 0 Å². The third-order valence-electron chi connectivity index (χ3n) is 5.41. The molecule has 1 heterocycles. The summed E-state index contributed by atoms with van der Waals surface area (Å²) in [5.74, 6) is 0. The van der Waals surface area contributed by atoms with E-state index >= 15 is 0 Å². The van der Waals surface area contributed by atoms with Crippen molar-refractivity contribution in [2.45, 2.75) is 31.5 Å². The average Bonchev–Trinajstić information content (AvgIpc) is 2.75. The SMILES string of the molecule is CNc1ccccc1N(C=O)C1CCN(C(=S)Cc2ccc(C(F)(F)F)cc2)CC1. The van der Waals surface area contributed by atoms with E-state index in [9.17, 15) is 18.0 Å². The van der Waals surface area contributed by atoms with Crippen LogP contribution >= 0.6 is 12.2 Å². The molecule has 1 aliphatic rings. The topological polar surface area (TPSA) is 35.6 Å². The molecule has 1 amide bonds. The van der Waals surface area contributed by atoms with Gasteiger partial charge in [-0.2, -0.15) is 13.2 Å². The van der Waals surface area contributed by atoms with E-state index in [-0.39, 0.29) is 6.04 Å². The predicted octanol–water partition coefficient (Wildman–Crippen LogP) is 4.74. The van der Waals surface area contributed by atoms with Crippen LogP contribution in [0.25, 0.3) is 0 Å².